The zero-order valence-corrected chi connectivity index (χ0v) is 41.0. The molecule has 5 N–H and O–H groups in total. The summed E-state index contributed by atoms with van der Waals surface area (Å²) in [4.78, 5) is 41.5. The molecule has 0 spiro atoms. The van der Waals surface area contributed by atoms with Crippen LogP contribution in [0.15, 0.2) is 134 Å². The number of halogens is 6. The highest BCUT2D eigenvalue weighted by atomic mass is 19.4. The van der Waals surface area contributed by atoms with Crippen LogP contribution in [0.3, 0.4) is 0 Å². The molecule has 25 heteroatoms. The number of H-pyrrole nitrogens is 1. The van der Waals surface area contributed by atoms with Crippen LogP contribution in [-0.4, -0.2) is 99.4 Å². The van der Waals surface area contributed by atoms with E-state index >= 15 is 0 Å². The zero-order valence-electron chi connectivity index (χ0n) is 41.0. The highest BCUT2D eigenvalue weighted by Gasteiger charge is 2.32. The van der Waals surface area contributed by atoms with Crippen molar-refractivity contribution in [1.29, 1.82) is 0 Å². The van der Waals surface area contributed by atoms with Crippen LogP contribution >= 0.6 is 0 Å². The van der Waals surface area contributed by atoms with E-state index < -0.39 is 35.3 Å². The van der Waals surface area contributed by atoms with Crippen LogP contribution in [0.4, 0.5) is 49.6 Å². The molecule has 6 aromatic heterocycles. The number of nitrogens with zero attached hydrogens (tertiary/aromatic N) is 7. The van der Waals surface area contributed by atoms with Crippen molar-refractivity contribution in [1.82, 2.24) is 39.9 Å². The molecular formula is C52H46F6N12O7. The Morgan fingerprint density at radius 3 is 1.56 bits per heavy atom. The van der Waals surface area contributed by atoms with Gasteiger partial charge in [0.25, 0.3) is 11.8 Å². The number of carbonyl (C=O) groups is 2. The molecule has 0 saturated heterocycles. The average molecular weight is 1070 g/mol. The number of hydrogen-bond donors (Lipinski definition) is 5. The zero-order chi connectivity index (χ0) is 54.5. The molecule has 77 heavy (non-hydrogen) atoms. The van der Waals surface area contributed by atoms with Crippen molar-refractivity contribution < 1.29 is 59.6 Å². The van der Waals surface area contributed by atoms with E-state index in [1.165, 1.54) is 24.3 Å². The van der Waals surface area contributed by atoms with Crippen LogP contribution < -0.4 is 35.5 Å². The van der Waals surface area contributed by atoms with E-state index in [1.54, 1.807) is 74.8 Å². The molecule has 0 saturated carbocycles. The lowest BCUT2D eigenvalue weighted by Gasteiger charge is -2.10. The van der Waals surface area contributed by atoms with Crippen molar-refractivity contribution in [3.05, 3.63) is 162 Å². The summed E-state index contributed by atoms with van der Waals surface area (Å²) in [6.45, 7) is 2.44. The van der Waals surface area contributed by atoms with Gasteiger partial charge in [-0.1, -0.05) is 12.1 Å². The second kappa shape index (κ2) is 24.3. The van der Waals surface area contributed by atoms with Gasteiger partial charge >= 0.3 is 12.4 Å². The third-order valence-corrected chi connectivity index (χ3v) is 11.1. The van der Waals surface area contributed by atoms with Crippen molar-refractivity contribution in [2.24, 2.45) is 0 Å². The summed E-state index contributed by atoms with van der Waals surface area (Å²) in [5, 5.41) is 24.2. The Balaban J connectivity index is 0.000000209. The summed E-state index contributed by atoms with van der Waals surface area (Å²) in [5.74, 6) is 2.07. The van der Waals surface area contributed by atoms with E-state index in [-0.39, 0.29) is 22.8 Å². The molecule has 19 nitrogen and oxygen atoms in total. The lowest BCUT2D eigenvalue weighted by atomic mass is 10.2. The quantitative estimate of drug-likeness (QED) is 0.0375. The van der Waals surface area contributed by atoms with Crippen molar-refractivity contribution in [2.45, 2.75) is 18.9 Å². The fourth-order valence-corrected chi connectivity index (χ4v) is 7.30. The largest absolute Gasteiger partial charge is 0.497 e. The maximum atomic E-state index is 13.0. The number of nitrogens with one attached hydrogen (secondary N) is 5. The molecule has 0 aliphatic rings. The average Bonchev–Trinajstić information content (AvgIpc) is 4.02. The third kappa shape index (κ3) is 13.9. The van der Waals surface area contributed by atoms with Crippen LogP contribution in [0.5, 0.6) is 28.7 Å². The summed E-state index contributed by atoms with van der Waals surface area (Å²) in [6, 6.07) is 26.5. The molecule has 0 unspecified atom stereocenters. The van der Waals surface area contributed by atoms with Crippen molar-refractivity contribution in [3.63, 3.8) is 0 Å². The molecule has 6 heterocycles. The predicted molar refractivity (Wildman–Crippen MR) is 272 cm³/mol. The minimum atomic E-state index is -4.55. The number of fused-ring (bicyclic) bond motifs is 2. The summed E-state index contributed by atoms with van der Waals surface area (Å²) >= 11 is 0. The molecule has 2 amide bonds. The van der Waals surface area contributed by atoms with Gasteiger partial charge in [0.15, 0.2) is 22.9 Å². The second-order valence-electron chi connectivity index (χ2n) is 16.3. The number of carbonyl (C=O) groups excluding carboxylic acids is 2. The molecule has 9 aromatic rings. The van der Waals surface area contributed by atoms with E-state index in [0.29, 0.717) is 89.5 Å². The number of rotatable bonds is 19. The maximum Gasteiger partial charge on any atom is 0.416 e. The SMILES string of the molecule is COCCNc1n[nH]c2nccc(Oc3ccc(C(=O)Nc4cc(C(F)(F)F)ccn4)cc3)c12.COCCNc1nn(Cc2ccc(OC)cc2)c2nccc(Oc3ccc(C(=O)Nc4cc(C(F)(F)F)ccn4)cc3)c12. The first-order valence-electron chi connectivity index (χ1n) is 23.1. The third-order valence-electron chi connectivity index (χ3n) is 11.1. The van der Waals surface area contributed by atoms with E-state index in [4.69, 9.17) is 28.8 Å². The molecule has 0 fully saturated rings. The minimum Gasteiger partial charge on any atom is -0.497 e. The Labute approximate surface area is 433 Å². The van der Waals surface area contributed by atoms with Crippen molar-refractivity contribution >= 4 is 57.2 Å². The second-order valence-corrected chi connectivity index (χ2v) is 16.3. The van der Waals surface area contributed by atoms with Crippen LogP contribution in [0.25, 0.3) is 22.1 Å². The van der Waals surface area contributed by atoms with E-state index in [9.17, 15) is 35.9 Å². The normalized spacial score (nSPS) is 11.4. The lowest BCUT2D eigenvalue weighted by Crippen LogP contribution is -2.14. The number of anilines is 4. The first-order valence-corrected chi connectivity index (χ1v) is 23.1. The van der Waals surface area contributed by atoms with E-state index in [2.05, 4.69) is 51.4 Å². The lowest BCUT2D eigenvalue weighted by molar-refractivity contribution is -0.138. The van der Waals surface area contributed by atoms with Gasteiger partial charge in [-0.2, -0.15) is 36.5 Å². The summed E-state index contributed by atoms with van der Waals surface area (Å²) in [6.07, 6.45) is -3.92. The highest BCUT2D eigenvalue weighted by molar-refractivity contribution is 6.04. The van der Waals surface area contributed by atoms with Gasteiger partial charge in [0, 0.05) is 75.4 Å². The number of alkyl halides is 6. The molecule has 0 radical (unpaired) electrons. The number of aromatic amines is 1. The van der Waals surface area contributed by atoms with Gasteiger partial charge in [-0.3, -0.25) is 14.7 Å². The van der Waals surface area contributed by atoms with Gasteiger partial charge in [0.1, 0.15) is 51.2 Å². The van der Waals surface area contributed by atoms with Crippen LogP contribution in [0, 0.1) is 0 Å². The Morgan fingerprint density at radius 1 is 0.571 bits per heavy atom. The Hall–Kier alpha value is -9.36. The number of amides is 2. The van der Waals surface area contributed by atoms with Crippen molar-refractivity contribution in [2.75, 3.05) is 68.9 Å². The number of pyridine rings is 4. The van der Waals surface area contributed by atoms with Crippen LogP contribution in [0.2, 0.25) is 0 Å². The first-order chi connectivity index (χ1) is 37.1. The van der Waals surface area contributed by atoms with E-state index in [0.717, 1.165) is 48.0 Å². The van der Waals surface area contributed by atoms with Crippen LogP contribution in [-0.2, 0) is 28.4 Å². The van der Waals surface area contributed by atoms with Gasteiger partial charge in [0.05, 0.1) is 38.0 Å². The Bertz CT molecular complexity index is 3450. The molecule has 0 bridgehead atoms. The van der Waals surface area contributed by atoms with Gasteiger partial charge < -0.3 is 45.0 Å². The number of aromatic nitrogens is 8. The molecule has 9 rings (SSSR count). The van der Waals surface area contributed by atoms with Gasteiger partial charge in [0.2, 0.25) is 0 Å². The summed E-state index contributed by atoms with van der Waals surface area (Å²) in [7, 11) is 4.82. The predicted octanol–water partition coefficient (Wildman–Crippen LogP) is 10.5. The number of hydrogen-bond acceptors (Lipinski definition) is 15. The van der Waals surface area contributed by atoms with Gasteiger partial charge in [-0.25, -0.2) is 24.6 Å². The van der Waals surface area contributed by atoms with Gasteiger partial charge in [-0.05, 0) is 90.5 Å². The molecule has 0 atom stereocenters. The number of ether oxygens (including phenoxy) is 5. The van der Waals surface area contributed by atoms with E-state index in [1.807, 2.05) is 24.3 Å². The minimum absolute atomic E-state index is 0.201. The summed E-state index contributed by atoms with van der Waals surface area (Å²) in [5.41, 5.74) is 0.738. The molecule has 3 aromatic carbocycles. The topological polar surface area (TPSA) is 226 Å². The highest BCUT2D eigenvalue weighted by Crippen LogP contribution is 2.36. The number of benzene rings is 3. The van der Waals surface area contributed by atoms with Crippen molar-refractivity contribution in [3.8, 4) is 28.7 Å². The number of methoxy groups -OCH3 is 3. The molecule has 0 aliphatic carbocycles. The Kier molecular flexibility index (Phi) is 17.0. The standard InChI is InChI=1S/C30H27F3N6O4.C22H19F3N6O3/c1-41-16-15-35-27-26-24(12-14-36-28(26)39(38-27)18-19-3-7-22(42-2)8-4-19)43-23-9-5-20(6-10-23)29(40)37-25-17-21(11-13-34-25)30(31,32)33;1-33-11-10-28-20-18-16(7-9-27-19(18)30-31-20)34-15-4-2-13(3-5-15)21(32)29-17-12-14(6-8-26-17)22(23,24)25/h3-14,17H,15-16,18H2,1-2H3,(H,35,38)(H,34,37,40);2-9,12H,10-11H2,1H3,(H,26,29,32)(H2,27,28,30,31). The fourth-order valence-electron chi connectivity index (χ4n) is 7.30. The van der Waals surface area contributed by atoms with Gasteiger partial charge in [-0.15, -0.1) is 0 Å². The maximum absolute atomic E-state index is 13.0. The van der Waals surface area contributed by atoms with Crippen LogP contribution in [0.1, 0.15) is 37.4 Å². The molecule has 0 aliphatic heterocycles. The molecule has 398 valence electrons. The first kappa shape index (κ1) is 53.9. The smallest absolute Gasteiger partial charge is 0.416 e. The fraction of sp³-hybridized carbons (Fsp3) is 0.192. The summed E-state index contributed by atoms with van der Waals surface area (Å²) < 4.78 is 107. The monoisotopic (exact) mass is 1060 g/mol. The Morgan fingerprint density at radius 2 is 1.05 bits per heavy atom. The molecular weight excluding hydrogens is 1020 g/mol.